The highest BCUT2D eigenvalue weighted by Crippen LogP contribution is 2.76. The van der Waals surface area contributed by atoms with Crippen molar-refractivity contribution in [3.63, 3.8) is 0 Å². The maximum absolute atomic E-state index is 14.2. The van der Waals surface area contributed by atoms with Crippen molar-refractivity contribution >= 4 is 11.9 Å². The van der Waals surface area contributed by atoms with Gasteiger partial charge < -0.3 is 144 Å². The van der Waals surface area contributed by atoms with Gasteiger partial charge in [-0.3, -0.25) is 4.79 Å². The standard InChI is InChI=1S/C62H100O31/c1-24-35(68)39(72)45(78)52(86-24)93-49-42(75)37(70)29(19-64)88-55(49)89-30-22-84-54(48(38(30)71)92-53-46(79)40(73)36(69)28(18-63)87-53)90-34-11-12-59(5)31(57(34,2)3)10-13-60(6)32(59)9-8-26-27-16-58(4,14-15-62(27,23-65)33(67)17-61(26,60)7)56(82)85-21-25(66)20-83-51-44(77)41(74)43(76)47(91-51)50(80)81/h8,24-25,27-49,51-55,63-79H,9-23H2,1-7H3,(H,80,81)/t24-,25?,27-,28+,29+,30-,31-,32+,33+,34-,35-,36+,37+,38-,39+,40-,41-,42-,43-,44+,45+,46+,47-,48+,49+,51-,52-,53-,54-,55-,58-,59-,60+,61+,62+/m0/s1. The number of aliphatic carboxylic acids is 1. The molecule has 10 rings (SSSR count). The predicted octanol–water partition coefficient (Wildman–Crippen LogP) is -5.13. The number of rotatable bonds is 18. The molecule has 1 unspecified atom stereocenters. The van der Waals surface area contributed by atoms with Crippen molar-refractivity contribution in [3.05, 3.63) is 11.6 Å². The Hall–Kier alpha value is -2.40. The van der Waals surface area contributed by atoms with E-state index in [1.807, 2.05) is 0 Å². The number of carboxylic acid groups (broad SMARTS) is 1. The summed E-state index contributed by atoms with van der Waals surface area (Å²) in [6, 6.07) is 0. The van der Waals surface area contributed by atoms with Gasteiger partial charge in [-0.15, -0.1) is 0 Å². The third-order valence-electron chi connectivity index (χ3n) is 24.1. The van der Waals surface area contributed by atoms with Crippen LogP contribution in [0.4, 0.5) is 0 Å². The Morgan fingerprint density at radius 3 is 1.82 bits per heavy atom. The van der Waals surface area contributed by atoms with E-state index in [1.165, 1.54) is 6.92 Å². The number of hydrogen-bond acceptors (Lipinski definition) is 30. The predicted molar refractivity (Wildman–Crippen MR) is 308 cm³/mol. The normalized spacial score (nSPS) is 52.6. The first-order valence-corrected chi connectivity index (χ1v) is 32.5. The van der Waals surface area contributed by atoms with Crippen LogP contribution < -0.4 is 0 Å². The van der Waals surface area contributed by atoms with Crippen LogP contribution in [0, 0.1) is 50.2 Å². The molecule has 0 aromatic heterocycles. The first kappa shape index (κ1) is 73.3. The highest BCUT2D eigenvalue weighted by atomic mass is 16.8. The number of carboxylic acids is 1. The molecule has 0 spiro atoms. The fourth-order valence-electron chi connectivity index (χ4n) is 18.2. The number of fused-ring (bicyclic) bond motifs is 7. The summed E-state index contributed by atoms with van der Waals surface area (Å²) in [5.74, 6) is -2.73. The second kappa shape index (κ2) is 27.6. The molecule has 0 radical (unpaired) electrons. The van der Waals surface area contributed by atoms with Crippen LogP contribution in [0.3, 0.4) is 0 Å². The lowest BCUT2D eigenvalue weighted by Gasteiger charge is -2.72. The number of carbonyl (C=O) groups is 2. The van der Waals surface area contributed by atoms with E-state index in [0.29, 0.717) is 38.5 Å². The van der Waals surface area contributed by atoms with Gasteiger partial charge in [0.25, 0.3) is 0 Å². The van der Waals surface area contributed by atoms with Gasteiger partial charge in [0, 0.05) is 5.41 Å². The van der Waals surface area contributed by atoms with Crippen LogP contribution >= 0.6 is 0 Å². The number of esters is 1. The van der Waals surface area contributed by atoms with E-state index in [2.05, 4.69) is 40.7 Å². The number of aliphatic hydroxyl groups excluding tert-OH is 17. The Bertz CT molecular complexity index is 2620. The molecule has 5 heterocycles. The zero-order valence-corrected chi connectivity index (χ0v) is 53.4. The zero-order valence-electron chi connectivity index (χ0n) is 53.4. The fraction of sp³-hybridized carbons (Fsp3) is 0.935. The molecule has 35 atom stereocenters. The number of allylic oxidation sites excluding steroid dienone is 2. The molecule has 0 aromatic rings. The average Bonchev–Trinajstić information content (AvgIpc) is 0.674. The molecule has 31 heteroatoms. The van der Waals surface area contributed by atoms with Gasteiger partial charge in [-0.1, -0.05) is 46.3 Å². The van der Waals surface area contributed by atoms with E-state index in [-0.39, 0.29) is 43.1 Å². The van der Waals surface area contributed by atoms with Crippen LogP contribution in [-0.4, -0.2) is 309 Å². The minimum Gasteiger partial charge on any atom is -0.479 e. The van der Waals surface area contributed by atoms with Crippen molar-refractivity contribution < 1.29 is 154 Å². The van der Waals surface area contributed by atoms with Gasteiger partial charge in [-0.05, 0) is 111 Å². The highest BCUT2D eigenvalue weighted by molar-refractivity contribution is 5.77. The van der Waals surface area contributed by atoms with E-state index in [0.717, 1.165) is 5.57 Å². The van der Waals surface area contributed by atoms with Gasteiger partial charge in [-0.25, -0.2) is 4.79 Å². The van der Waals surface area contributed by atoms with Crippen molar-refractivity contribution in [2.75, 3.05) is 39.6 Å². The van der Waals surface area contributed by atoms with Crippen molar-refractivity contribution in [1.82, 2.24) is 0 Å². The van der Waals surface area contributed by atoms with Crippen LogP contribution in [0.5, 0.6) is 0 Å². The van der Waals surface area contributed by atoms with Crippen LogP contribution in [0.25, 0.3) is 0 Å². The van der Waals surface area contributed by atoms with Crippen LogP contribution in [0.15, 0.2) is 11.6 Å². The molecule has 534 valence electrons. The second-order valence-corrected chi connectivity index (χ2v) is 29.7. The summed E-state index contributed by atoms with van der Waals surface area (Å²) >= 11 is 0. The number of hydrogen-bond donors (Lipinski definition) is 18. The number of aliphatic hydroxyl groups is 17. The summed E-state index contributed by atoms with van der Waals surface area (Å²) in [5, 5.41) is 194. The quantitative estimate of drug-likeness (QED) is 0.0347. The van der Waals surface area contributed by atoms with Crippen molar-refractivity contribution in [3.8, 4) is 0 Å². The Labute approximate surface area is 537 Å². The summed E-state index contributed by atoms with van der Waals surface area (Å²) in [6.45, 7) is 10.4. The largest absolute Gasteiger partial charge is 0.479 e. The molecule has 5 aliphatic heterocycles. The fourth-order valence-corrected chi connectivity index (χ4v) is 18.2. The lowest BCUT2D eigenvalue weighted by molar-refractivity contribution is -0.394. The van der Waals surface area contributed by atoms with Gasteiger partial charge in [0.1, 0.15) is 116 Å². The van der Waals surface area contributed by atoms with Crippen molar-refractivity contribution in [2.45, 2.75) is 272 Å². The molecule has 5 saturated heterocycles. The molecular formula is C62H100O31. The zero-order chi connectivity index (χ0) is 68.1. The topological polar surface area (TPSA) is 500 Å². The number of carbonyl (C=O) groups excluding carboxylic acids is 1. The Balaban J connectivity index is 0.855. The summed E-state index contributed by atoms with van der Waals surface area (Å²) in [6.07, 6.45) is -38.4. The van der Waals surface area contributed by atoms with Crippen LogP contribution in [0.1, 0.15) is 106 Å². The molecule has 31 nitrogen and oxygen atoms in total. The number of ether oxygens (including phenoxy) is 11. The van der Waals surface area contributed by atoms with E-state index in [1.54, 1.807) is 6.92 Å². The SMILES string of the molecule is C[C@@H]1O[C@@H](O[C@H]2[C@H](O[C@H]3CO[C@@H](O[C@H]4CC[C@]5(C)[C@H]6CC=C7[C@@H]8C[C@@](C)(C(=O)OCC(O)CO[C@H]9O[C@H](C(=O)O)[C@@H](O)[C@H](O)[C@H]9O)CC[C@]8(CO)[C@H](O)C[C@@]7(C)[C@]6(C)CC[C@H]5C4(C)C)[C@H](O[C@@H]4O[C@H](CO)[C@@H](O)[C@H](O)[C@H]4O)[C@H]3O)O[C@H](CO)[C@@H](O)[C@@H]2O)[C@H](O)[C@H](O)[C@H]1O. The molecule has 0 amide bonds. The minimum absolute atomic E-state index is 0.0273. The first-order chi connectivity index (χ1) is 43.6. The van der Waals surface area contributed by atoms with Gasteiger partial charge >= 0.3 is 11.9 Å². The van der Waals surface area contributed by atoms with E-state index >= 15 is 0 Å². The Morgan fingerprint density at radius 1 is 0.591 bits per heavy atom. The molecule has 0 aromatic carbocycles. The molecule has 10 aliphatic rings. The second-order valence-electron chi connectivity index (χ2n) is 29.7. The average molecular weight is 1340 g/mol. The molecule has 4 saturated carbocycles. The van der Waals surface area contributed by atoms with E-state index in [9.17, 15) is 102 Å². The molecule has 9 fully saturated rings. The minimum atomic E-state index is -1.95. The van der Waals surface area contributed by atoms with E-state index < -0.39 is 244 Å². The van der Waals surface area contributed by atoms with Gasteiger partial charge in [-0.2, -0.15) is 0 Å². The maximum atomic E-state index is 14.2. The van der Waals surface area contributed by atoms with Crippen molar-refractivity contribution in [1.29, 1.82) is 0 Å². The van der Waals surface area contributed by atoms with Gasteiger partial charge in [0.15, 0.2) is 37.6 Å². The van der Waals surface area contributed by atoms with Gasteiger partial charge in [0.2, 0.25) is 0 Å². The summed E-state index contributed by atoms with van der Waals surface area (Å²) < 4.78 is 65.3. The monoisotopic (exact) mass is 1340 g/mol. The molecular weight excluding hydrogens is 1240 g/mol. The van der Waals surface area contributed by atoms with Crippen LogP contribution in [0.2, 0.25) is 0 Å². The summed E-state index contributed by atoms with van der Waals surface area (Å²) in [7, 11) is 0. The Kier molecular flexibility index (Phi) is 21.8. The summed E-state index contributed by atoms with van der Waals surface area (Å²) in [4.78, 5) is 25.8. The van der Waals surface area contributed by atoms with Crippen LogP contribution in [-0.2, 0) is 61.7 Å². The molecule has 93 heavy (non-hydrogen) atoms. The molecule has 18 N–H and O–H groups in total. The third kappa shape index (κ3) is 12.7. The highest BCUT2D eigenvalue weighted by Gasteiger charge is 2.71. The van der Waals surface area contributed by atoms with Gasteiger partial charge in [0.05, 0.1) is 56.8 Å². The molecule has 5 aliphatic carbocycles. The van der Waals surface area contributed by atoms with E-state index in [4.69, 9.17) is 52.1 Å². The Morgan fingerprint density at radius 2 is 1.18 bits per heavy atom. The maximum Gasteiger partial charge on any atom is 0.335 e. The third-order valence-corrected chi connectivity index (χ3v) is 24.1. The smallest absolute Gasteiger partial charge is 0.335 e. The lowest BCUT2D eigenvalue weighted by Crippen LogP contribution is -2.68. The summed E-state index contributed by atoms with van der Waals surface area (Å²) in [5.41, 5.74) is -3.21. The first-order valence-electron chi connectivity index (χ1n) is 32.5. The molecule has 0 bridgehead atoms. The van der Waals surface area contributed by atoms with Crippen molar-refractivity contribution in [2.24, 2.45) is 50.2 Å². The lowest BCUT2D eigenvalue weighted by atomic mass is 9.33.